The van der Waals surface area contributed by atoms with E-state index in [1.54, 1.807) is 38.7 Å². The second-order valence-electron chi connectivity index (χ2n) is 12.4. The molecule has 0 atom stereocenters. The highest BCUT2D eigenvalue weighted by atomic mass is 32.2. The van der Waals surface area contributed by atoms with Crippen LogP contribution in [0, 0.1) is 18.8 Å². The molecule has 1 aliphatic carbocycles. The standard InChI is InChI=1S/C29H38F3N3O5S/c1-18-22(27(38)34-15-20(16-34)12-26(36)37)14-24(35(18)17-19-8-6-5-7-9-19)21-10-11-25(23(13-21)29(30,31)32)41(39,40)33-28(2,3)4/h10-11,13-14,19-20,33H,5-9,12,15-17H2,1-4H3,(H,36,37). The van der Waals surface area contributed by atoms with Crippen molar-refractivity contribution in [3.8, 4) is 11.3 Å². The van der Waals surface area contributed by atoms with E-state index in [2.05, 4.69) is 4.72 Å². The van der Waals surface area contributed by atoms with Crippen LogP contribution in [0.15, 0.2) is 29.2 Å². The molecule has 8 nitrogen and oxygen atoms in total. The Kier molecular flexibility index (Phi) is 8.67. The van der Waals surface area contributed by atoms with Crippen LogP contribution in [0.25, 0.3) is 11.3 Å². The molecule has 0 bridgehead atoms. The average molecular weight is 598 g/mol. The number of carbonyl (C=O) groups excluding carboxylic acids is 1. The number of nitrogens with one attached hydrogen (secondary N) is 1. The SMILES string of the molecule is Cc1c(C(=O)N2CC(CC(=O)O)C2)cc(-c2ccc(S(=O)(=O)NC(C)(C)C)c(C(F)(F)F)c2)n1CC1CCCCC1. The number of benzene rings is 1. The molecule has 0 unspecified atom stereocenters. The van der Waals surface area contributed by atoms with Gasteiger partial charge in [0.2, 0.25) is 10.0 Å². The second kappa shape index (κ2) is 11.4. The predicted octanol–water partition coefficient (Wildman–Crippen LogP) is 5.69. The van der Waals surface area contributed by atoms with Crippen LogP contribution in [0.3, 0.4) is 0 Å². The van der Waals surface area contributed by atoms with Gasteiger partial charge in [-0.25, -0.2) is 13.1 Å². The van der Waals surface area contributed by atoms with Crippen molar-refractivity contribution in [3.05, 3.63) is 41.1 Å². The molecule has 2 N–H and O–H groups in total. The van der Waals surface area contributed by atoms with E-state index < -0.39 is 38.2 Å². The van der Waals surface area contributed by atoms with Gasteiger partial charge in [-0.05, 0) is 70.2 Å². The first-order valence-corrected chi connectivity index (χ1v) is 15.4. The summed E-state index contributed by atoms with van der Waals surface area (Å²) in [5, 5.41) is 9.03. The topological polar surface area (TPSA) is 109 Å². The number of carboxylic acids is 1. The van der Waals surface area contributed by atoms with Gasteiger partial charge in [-0.3, -0.25) is 9.59 Å². The van der Waals surface area contributed by atoms with Gasteiger partial charge in [0.25, 0.3) is 5.91 Å². The molecule has 1 aromatic carbocycles. The molecule has 1 saturated heterocycles. The molecule has 2 aliphatic rings. The highest BCUT2D eigenvalue weighted by Gasteiger charge is 2.39. The average Bonchev–Trinajstić information content (AvgIpc) is 3.15. The van der Waals surface area contributed by atoms with Crippen LogP contribution in [0.5, 0.6) is 0 Å². The smallest absolute Gasteiger partial charge is 0.417 e. The number of sulfonamides is 1. The Balaban J connectivity index is 1.77. The molecule has 0 spiro atoms. The van der Waals surface area contributed by atoms with Gasteiger partial charge in [-0.1, -0.05) is 25.3 Å². The van der Waals surface area contributed by atoms with Crippen LogP contribution in [0.1, 0.15) is 80.9 Å². The predicted molar refractivity (Wildman–Crippen MR) is 148 cm³/mol. The summed E-state index contributed by atoms with van der Waals surface area (Å²) in [4.78, 5) is 25.1. The molecule has 1 amide bonds. The molecule has 41 heavy (non-hydrogen) atoms. The minimum atomic E-state index is -4.94. The fraction of sp³-hybridized carbons (Fsp3) is 0.586. The largest absolute Gasteiger partial charge is 0.481 e. The van der Waals surface area contributed by atoms with Crippen molar-refractivity contribution in [1.82, 2.24) is 14.2 Å². The number of likely N-dealkylation sites (tertiary alicyclic amines) is 1. The van der Waals surface area contributed by atoms with E-state index in [0.29, 0.717) is 42.5 Å². The summed E-state index contributed by atoms with van der Waals surface area (Å²) in [5.74, 6) is -1.05. The third-order valence-electron chi connectivity index (χ3n) is 7.78. The van der Waals surface area contributed by atoms with Gasteiger partial charge < -0.3 is 14.6 Å². The molecule has 1 aliphatic heterocycles. The van der Waals surface area contributed by atoms with Crippen molar-refractivity contribution in [2.75, 3.05) is 13.1 Å². The third-order valence-corrected chi connectivity index (χ3v) is 9.60. The molecule has 2 heterocycles. The van der Waals surface area contributed by atoms with Gasteiger partial charge in [0.1, 0.15) is 0 Å². The molecule has 12 heteroatoms. The van der Waals surface area contributed by atoms with Crippen molar-refractivity contribution in [2.24, 2.45) is 11.8 Å². The summed E-state index contributed by atoms with van der Waals surface area (Å²) in [6.45, 7) is 7.56. The number of aromatic nitrogens is 1. The molecular weight excluding hydrogens is 559 g/mol. The summed E-state index contributed by atoms with van der Waals surface area (Å²) in [6.07, 6.45) is 0.254. The minimum absolute atomic E-state index is 0.0315. The first-order valence-electron chi connectivity index (χ1n) is 13.9. The number of alkyl halides is 3. The molecule has 2 fully saturated rings. The minimum Gasteiger partial charge on any atom is -0.481 e. The molecular formula is C29H38F3N3O5S. The summed E-state index contributed by atoms with van der Waals surface area (Å²) in [7, 11) is -4.48. The molecule has 1 aromatic heterocycles. The maximum absolute atomic E-state index is 14.3. The number of amides is 1. The molecule has 1 saturated carbocycles. The Morgan fingerprint density at radius 1 is 1.02 bits per heavy atom. The number of hydrogen-bond donors (Lipinski definition) is 2. The van der Waals surface area contributed by atoms with E-state index in [4.69, 9.17) is 5.11 Å². The van der Waals surface area contributed by atoms with Crippen LogP contribution in [-0.4, -0.2) is 53.5 Å². The Labute approximate surface area is 239 Å². The maximum Gasteiger partial charge on any atom is 0.417 e. The molecule has 226 valence electrons. The highest BCUT2D eigenvalue weighted by Crippen LogP contribution is 2.39. The number of aliphatic carboxylic acids is 1. The molecule has 0 radical (unpaired) electrons. The number of carboxylic acid groups (broad SMARTS) is 1. The van der Waals surface area contributed by atoms with Gasteiger partial charge in [-0.15, -0.1) is 0 Å². The van der Waals surface area contributed by atoms with Gasteiger partial charge in [0.15, 0.2) is 0 Å². The Bertz CT molecular complexity index is 1410. The monoisotopic (exact) mass is 597 g/mol. The summed E-state index contributed by atoms with van der Waals surface area (Å²) < 4.78 is 72.9. The number of hydrogen-bond acceptors (Lipinski definition) is 4. The number of nitrogens with zero attached hydrogens (tertiary/aromatic N) is 2. The van der Waals surface area contributed by atoms with E-state index in [-0.39, 0.29) is 23.8 Å². The Morgan fingerprint density at radius 3 is 2.22 bits per heavy atom. The van der Waals surface area contributed by atoms with E-state index in [0.717, 1.165) is 44.2 Å². The second-order valence-corrected chi connectivity index (χ2v) is 14.0. The molecule has 2 aromatic rings. The van der Waals surface area contributed by atoms with Crippen molar-refractivity contribution in [2.45, 2.75) is 89.4 Å². The maximum atomic E-state index is 14.3. The normalized spacial score (nSPS) is 17.5. The van der Waals surface area contributed by atoms with Crippen LogP contribution in [-0.2, 0) is 27.5 Å². The van der Waals surface area contributed by atoms with E-state index >= 15 is 0 Å². The quantitative estimate of drug-likeness (QED) is 0.407. The third kappa shape index (κ3) is 7.14. The highest BCUT2D eigenvalue weighted by molar-refractivity contribution is 7.89. The lowest BCUT2D eigenvalue weighted by atomic mass is 9.89. The Morgan fingerprint density at radius 2 is 1.66 bits per heavy atom. The number of rotatable bonds is 8. The summed E-state index contributed by atoms with van der Waals surface area (Å²) in [5.41, 5.74) is -0.709. The van der Waals surface area contributed by atoms with Crippen LogP contribution < -0.4 is 4.72 Å². The lowest BCUT2D eigenvalue weighted by molar-refractivity contribution is -0.140. The molecule has 4 rings (SSSR count). The van der Waals surface area contributed by atoms with Gasteiger partial charge in [0.05, 0.1) is 22.4 Å². The van der Waals surface area contributed by atoms with Gasteiger partial charge in [-0.2, -0.15) is 13.2 Å². The fourth-order valence-electron chi connectivity index (χ4n) is 5.85. The van der Waals surface area contributed by atoms with Crippen molar-refractivity contribution in [1.29, 1.82) is 0 Å². The lowest BCUT2D eigenvalue weighted by Crippen LogP contribution is -2.50. The zero-order valence-electron chi connectivity index (χ0n) is 23.8. The number of halogens is 3. The first kappa shape index (κ1) is 31.1. The van der Waals surface area contributed by atoms with Crippen molar-refractivity contribution >= 4 is 21.9 Å². The van der Waals surface area contributed by atoms with Gasteiger partial charge in [0, 0.05) is 42.5 Å². The first-order chi connectivity index (χ1) is 19.0. The Hall–Kier alpha value is -2.86. The van der Waals surface area contributed by atoms with Crippen LogP contribution in [0.4, 0.5) is 13.2 Å². The number of carbonyl (C=O) groups is 2. The zero-order valence-corrected chi connectivity index (χ0v) is 24.7. The van der Waals surface area contributed by atoms with Crippen molar-refractivity contribution in [3.63, 3.8) is 0 Å². The van der Waals surface area contributed by atoms with Crippen molar-refractivity contribution < 1.29 is 36.3 Å². The summed E-state index contributed by atoms with van der Waals surface area (Å²) in [6, 6.07) is 4.78. The van der Waals surface area contributed by atoms with Gasteiger partial charge >= 0.3 is 12.1 Å². The van der Waals surface area contributed by atoms with E-state index in [1.807, 2.05) is 4.57 Å². The van der Waals surface area contributed by atoms with E-state index in [1.165, 1.54) is 6.07 Å². The van der Waals surface area contributed by atoms with E-state index in [9.17, 15) is 31.2 Å². The lowest BCUT2D eigenvalue weighted by Gasteiger charge is -2.38. The zero-order chi connectivity index (χ0) is 30.3. The van der Waals surface area contributed by atoms with Crippen LogP contribution in [0.2, 0.25) is 0 Å². The fourth-order valence-corrected chi connectivity index (χ4v) is 7.48. The summed E-state index contributed by atoms with van der Waals surface area (Å²) >= 11 is 0. The van der Waals surface area contributed by atoms with Crippen LogP contribution >= 0.6 is 0 Å².